The van der Waals surface area contributed by atoms with Crippen LogP contribution in [0.2, 0.25) is 0 Å². The Kier molecular flexibility index (Phi) is 5.30. The van der Waals surface area contributed by atoms with Gasteiger partial charge in [0.15, 0.2) is 0 Å². The van der Waals surface area contributed by atoms with Crippen molar-refractivity contribution in [2.24, 2.45) is 0 Å². The van der Waals surface area contributed by atoms with E-state index in [0.29, 0.717) is 6.54 Å². The SMILES string of the molecule is CCN(C(=O)c1ccc(F)cc1O)C(C)CN(C)C. The molecule has 0 spiro atoms. The zero-order valence-corrected chi connectivity index (χ0v) is 11.9. The summed E-state index contributed by atoms with van der Waals surface area (Å²) >= 11 is 0. The molecule has 0 saturated heterocycles. The molecule has 0 aromatic heterocycles. The molecule has 1 atom stereocenters. The summed E-state index contributed by atoms with van der Waals surface area (Å²) in [5.74, 6) is -1.16. The number of hydrogen-bond acceptors (Lipinski definition) is 3. The highest BCUT2D eigenvalue weighted by Crippen LogP contribution is 2.21. The fourth-order valence-electron chi connectivity index (χ4n) is 2.12. The Morgan fingerprint density at radius 3 is 2.53 bits per heavy atom. The van der Waals surface area contributed by atoms with Crippen LogP contribution in [0.1, 0.15) is 24.2 Å². The van der Waals surface area contributed by atoms with Gasteiger partial charge in [0.25, 0.3) is 5.91 Å². The minimum absolute atomic E-state index is 0.0111. The van der Waals surface area contributed by atoms with Gasteiger partial charge in [-0.3, -0.25) is 4.79 Å². The predicted octanol–water partition coefficient (Wildman–Crippen LogP) is 1.94. The molecule has 19 heavy (non-hydrogen) atoms. The number of rotatable bonds is 5. The van der Waals surface area contributed by atoms with Crippen LogP contribution in [0.4, 0.5) is 4.39 Å². The number of carbonyl (C=O) groups is 1. The van der Waals surface area contributed by atoms with Crippen molar-refractivity contribution in [2.75, 3.05) is 27.2 Å². The van der Waals surface area contributed by atoms with Crippen molar-refractivity contribution >= 4 is 5.91 Å². The third-order valence-electron chi connectivity index (χ3n) is 2.95. The number of phenolic OH excluding ortho intramolecular Hbond substituents is 1. The van der Waals surface area contributed by atoms with E-state index in [1.165, 1.54) is 12.1 Å². The molecule has 1 rings (SSSR count). The van der Waals surface area contributed by atoms with Gasteiger partial charge in [0.05, 0.1) is 5.56 Å². The first-order valence-corrected chi connectivity index (χ1v) is 6.31. The summed E-state index contributed by atoms with van der Waals surface area (Å²) in [6.45, 7) is 5.08. The molecule has 1 aromatic rings. The van der Waals surface area contributed by atoms with Gasteiger partial charge in [-0.1, -0.05) is 0 Å². The quantitative estimate of drug-likeness (QED) is 0.887. The highest BCUT2D eigenvalue weighted by Gasteiger charge is 2.22. The summed E-state index contributed by atoms with van der Waals surface area (Å²) in [6, 6.07) is 3.46. The van der Waals surface area contributed by atoms with Gasteiger partial charge in [-0.15, -0.1) is 0 Å². The Balaban J connectivity index is 2.95. The first-order valence-electron chi connectivity index (χ1n) is 6.31. The van der Waals surface area contributed by atoms with Crippen LogP contribution in [0.25, 0.3) is 0 Å². The van der Waals surface area contributed by atoms with E-state index in [4.69, 9.17) is 0 Å². The zero-order chi connectivity index (χ0) is 14.6. The third-order valence-corrected chi connectivity index (χ3v) is 2.95. The molecule has 0 aliphatic carbocycles. The van der Waals surface area contributed by atoms with Gasteiger partial charge < -0.3 is 14.9 Å². The predicted molar refractivity (Wildman–Crippen MR) is 72.8 cm³/mol. The van der Waals surface area contributed by atoms with E-state index < -0.39 is 5.82 Å². The molecule has 0 aliphatic rings. The van der Waals surface area contributed by atoms with E-state index in [1.54, 1.807) is 4.90 Å². The highest BCUT2D eigenvalue weighted by atomic mass is 19.1. The number of phenols is 1. The van der Waals surface area contributed by atoms with Gasteiger partial charge in [0.2, 0.25) is 0 Å². The van der Waals surface area contributed by atoms with Crippen LogP contribution >= 0.6 is 0 Å². The van der Waals surface area contributed by atoms with Crippen LogP contribution in [0.3, 0.4) is 0 Å². The van der Waals surface area contributed by atoms with Crippen molar-refractivity contribution in [3.8, 4) is 5.75 Å². The van der Waals surface area contributed by atoms with E-state index in [2.05, 4.69) is 0 Å². The maximum atomic E-state index is 12.9. The van der Waals surface area contributed by atoms with E-state index in [1.807, 2.05) is 32.8 Å². The normalized spacial score (nSPS) is 12.5. The maximum absolute atomic E-state index is 12.9. The van der Waals surface area contributed by atoms with Crippen LogP contribution in [0.15, 0.2) is 18.2 Å². The van der Waals surface area contributed by atoms with Gasteiger partial charge in [-0.25, -0.2) is 4.39 Å². The first kappa shape index (κ1) is 15.4. The Morgan fingerprint density at radius 2 is 2.05 bits per heavy atom. The lowest BCUT2D eigenvalue weighted by atomic mass is 10.1. The Hall–Kier alpha value is -1.62. The van der Waals surface area contributed by atoms with Gasteiger partial charge in [0.1, 0.15) is 11.6 Å². The molecule has 0 bridgehead atoms. The van der Waals surface area contributed by atoms with Gasteiger partial charge in [-0.2, -0.15) is 0 Å². The number of carbonyl (C=O) groups excluding carboxylic acids is 1. The Labute approximate surface area is 113 Å². The van der Waals surface area contributed by atoms with Crippen molar-refractivity contribution in [3.63, 3.8) is 0 Å². The lowest BCUT2D eigenvalue weighted by molar-refractivity contribution is 0.0676. The number of likely N-dealkylation sites (N-methyl/N-ethyl adjacent to an activating group) is 2. The van der Waals surface area contributed by atoms with Crippen molar-refractivity contribution in [3.05, 3.63) is 29.6 Å². The van der Waals surface area contributed by atoms with Crippen LogP contribution in [0.5, 0.6) is 5.75 Å². The Morgan fingerprint density at radius 1 is 1.42 bits per heavy atom. The van der Waals surface area contributed by atoms with Gasteiger partial charge in [-0.05, 0) is 40.1 Å². The Bertz CT molecular complexity index is 449. The summed E-state index contributed by atoms with van der Waals surface area (Å²) in [6.07, 6.45) is 0. The molecular weight excluding hydrogens is 247 g/mol. The third kappa shape index (κ3) is 3.92. The molecule has 0 fully saturated rings. The topological polar surface area (TPSA) is 43.8 Å². The number of benzene rings is 1. The monoisotopic (exact) mass is 268 g/mol. The van der Waals surface area contributed by atoms with Crippen molar-refractivity contribution < 1.29 is 14.3 Å². The molecule has 106 valence electrons. The smallest absolute Gasteiger partial charge is 0.257 e. The minimum atomic E-state index is -0.557. The van der Waals surface area contributed by atoms with Crippen LogP contribution in [-0.4, -0.2) is 54.0 Å². The summed E-state index contributed by atoms with van der Waals surface area (Å²) in [7, 11) is 3.87. The first-order chi connectivity index (χ1) is 8.86. The molecule has 5 heteroatoms. The second-order valence-electron chi connectivity index (χ2n) is 4.86. The number of nitrogens with zero attached hydrogens (tertiary/aromatic N) is 2. The highest BCUT2D eigenvalue weighted by molar-refractivity contribution is 5.97. The lowest BCUT2D eigenvalue weighted by Gasteiger charge is -2.30. The van der Waals surface area contributed by atoms with Crippen LogP contribution in [0, 0.1) is 5.82 Å². The molecule has 0 heterocycles. The van der Waals surface area contributed by atoms with Crippen molar-refractivity contribution in [1.29, 1.82) is 0 Å². The summed E-state index contributed by atoms with van der Waals surface area (Å²) in [5.41, 5.74) is 0.133. The molecule has 1 unspecified atom stereocenters. The summed E-state index contributed by atoms with van der Waals surface area (Å²) in [5, 5.41) is 9.67. The fourth-order valence-corrected chi connectivity index (χ4v) is 2.12. The van der Waals surface area contributed by atoms with Gasteiger partial charge >= 0.3 is 0 Å². The minimum Gasteiger partial charge on any atom is -0.507 e. The average Bonchev–Trinajstić information content (AvgIpc) is 2.28. The van der Waals surface area contributed by atoms with E-state index in [-0.39, 0.29) is 23.3 Å². The standard InChI is InChI=1S/C14H21FN2O2/c1-5-17(10(2)9-16(3)4)14(19)12-7-6-11(15)8-13(12)18/h6-8,10,18H,5,9H2,1-4H3. The number of aromatic hydroxyl groups is 1. The van der Waals surface area contributed by atoms with E-state index in [9.17, 15) is 14.3 Å². The van der Waals surface area contributed by atoms with E-state index in [0.717, 1.165) is 12.6 Å². The number of amides is 1. The second kappa shape index (κ2) is 6.52. The lowest BCUT2D eigenvalue weighted by Crippen LogP contribution is -2.43. The molecular formula is C14H21FN2O2. The van der Waals surface area contributed by atoms with E-state index >= 15 is 0 Å². The van der Waals surface area contributed by atoms with Crippen molar-refractivity contribution in [1.82, 2.24) is 9.80 Å². The molecule has 1 N–H and O–H groups in total. The number of hydrogen-bond donors (Lipinski definition) is 1. The molecule has 1 aromatic carbocycles. The molecule has 0 radical (unpaired) electrons. The molecule has 4 nitrogen and oxygen atoms in total. The molecule has 1 amide bonds. The van der Waals surface area contributed by atoms with Crippen LogP contribution in [-0.2, 0) is 0 Å². The number of halogens is 1. The van der Waals surface area contributed by atoms with Crippen LogP contribution < -0.4 is 0 Å². The second-order valence-corrected chi connectivity index (χ2v) is 4.86. The molecule has 0 saturated carbocycles. The summed E-state index contributed by atoms with van der Waals surface area (Å²) < 4.78 is 12.9. The molecule has 0 aliphatic heterocycles. The zero-order valence-electron chi connectivity index (χ0n) is 11.9. The fraction of sp³-hybridized carbons (Fsp3) is 0.500. The maximum Gasteiger partial charge on any atom is 0.257 e. The van der Waals surface area contributed by atoms with Crippen molar-refractivity contribution in [2.45, 2.75) is 19.9 Å². The average molecular weight is 268 g/mol. The summed E-state index contributed by atoms with van der Waals surface area (Å²) in [4.78, 5) is 16.0. The van der Waals surface area contributed by atoms with Gasteiger partial charge in [0, 0.05) is 25.2 Å². The largest absolute Gasteiger partial charge is 0.507 e.